The van der Waals surface area contributed by atoms with Crippen LogP contribution < -0.4 is 10.1 Å². The van der Waals surface area contributed by atoms with E-state index in [2.05, 4.69) is 15.5 Å². The Morgan fingerprint density at radius 2 is 2.07 bits per heavy atom. The molecule has 0 radical (unpaired) electrons. The second-order valence-electron chi connectivity index (χ2n) is 7.46. The molecule has 0 unspecified atom stereocenters. The average Bonchev–Trinajstić information content (AvgIpc) is 3.12. The zero-order valence-electron chi connectivity index (χ0n) is 15.9. The van der Waals surface area contributed by atoms with Gasteiger partial charge in [0.25, 0.3) is 5.91 Å². The zero-order chi connectivity index (χ0) is 19.3. The van der Waals surface area contributed by atoms with E-state index in [1.54, 1.807) is 0 Å². The normalized spacial score (nSPS) is 16.2. The lowest BCUT2D eigenvalue weighted by atomic mass is 9.93. The van der Waals surface area contributed by atoms with Gasteiger partial charge in [0.05, 0.1) is 18.8 Å². The number of hydrogen-bond donors (Lipinski definition) is 2. The molecular formula is C21H26N4O3. The summed E-state index contributed by atoms with van der Waals surface area (Å²) in [6.45, 7) is 1.62. The number of aromatic amines is 1. The van der Waals surface area contributed by atoms with Gasteiger partial charge in [-0.05, 0) is 44.2 Å². The monoisotopic (exact) mass is 382 g/mol. The molecule has 2 aliphatic rings. The number of fused-ring (bicyclic) bond motifs is 1. The Kier molecular flexibility index (Phi) is 5.60. The lowest BCUT2D eigenvalue weighted by Crippen LogP contribution is -2.40. The van der Waals surface area contributed by atoms with Crippen molar-refractivity contribution in [1.82, 2.24) is 20.4 Å². The predicted molar refractivity (Wildman–Crippen MR) is 104 cm³/mol. The smallest absolute Gasteiger partial charge is 0.272 e. The summed E-state index contributed by atoms with van der Waals surface area (Å²) in [5.74, 6) is 0.833. The molecular weight excluding hydrogens is 356 g/mol. The van der Waals surface area contributed by atoms with Crippen LogP contribution in [0.3, 0.4) is 0 Å². The van der Waals surface area contributed by atoms with Crippen LogP contribution in [-0.2, 0) is 17.8 Å². The summed E-state index contributed by atoms with van der Waals surface area (Å²) in [6.07, 6.45) is 5.06. The lowest BCUT2D eigenvalue weighted by Gasteiger charge is -2.28. The fourth-order valence-electron chi connectivity index (χ4n) is 3.61. The van der Waals surface area contributed by atoms with E-state index >= 15 is 0 Å². The molecule has 0 spiro atoms. The summed E-state index contributed by atoms with van der Waals surface area (Å²) in [7, 11) is 0. The number of carbonyl (C=O) groups is 2. The predicted octanol–water partition coefficient (Wildman–Crippen LogP) is 2.44. The highest BCUT2D eigenvalue weighted by Gasteiger charge is 2.29. The average molecular weight is 382 g/mol. The highest BCUT2D eigenvalue weighted by Crippen LogP contribution is 2.23. The van der Waals surface area contributed by atoms with Crippen LogP contribution in [0.4, 0.5) is 0 Å². The maximum atomic E-state index is 12.5. The summed E-state index contributed by atoms with van der Waals surface area (Å²) in [4.78, 5) is 26.7. The molecule has 2 amide bonds. The number of nitrogens with one attached hydrogen (secondary N) is 2. The number of amides is 2. The second kappa shape index (κ2) is 8.46. The standard InChI is InChI=1S/C21H26N4O3/c26-19(10-5-13-28-16-8-2-1-3-9-16)25-12-11-17-18(14-25)23-24-20(17)21(27)22-15-6-4-7-15/h1-3,8-9,15H,4-7,10-14H2,(H,22,27)(H,23,24). The molecule has 1 aromatic heterocycles. The molecule has 7 heteroatoms. The Morgan fingerprint density at radius 3 is 2.82 bits per heavy atom. The van der Waals surface area contributed by atoms with Crippen LogP contribution in [0.1, 0.15) is 53.8 Å². The number of nitrogens with zero attached hydrogens (tertiary/aromatic N) is 2. The van der Waals surface area contributed by atoms with Crippen LogP contribution in [0, 0.1) is 0 Å². The van der Waals surface area contributed by atoms with E-state index in [9.17, 15) is 9.59 Å². The molecule has 2 N–H and O–H groups in total. The minimum absolute atomic E-state index is 0.0972. The molecule has 0 atom stereocenters. The van der Waals surface area contributed by atoms with Crippen LogP contribution in [0.5, 0.6) is 5.75 Å². The molecule has 1 fully saturated rings. The van der Waals surface area contributed by atoms with Gasteiger partial charge < -0.3 is 15.0 Å². The Balaban J connectivity index is 1.25. The van der Waals surface area contributed by atoms with Gasteiger partial charge in [0.1, 0.15) is 5.75 Å². The van der Waals surface area contributed by atoms with Crippen molar-refractivity contribution in [1.29, 1.82) is 0 Å². The van der Waals surface area contributed by atoms with Gasteiger partial charge in [0.15, 0.2) is 5.69 Å². The largest absolute Gasteiger partial charge is 0.494 e. The highest BCUT2D eigenvalue weighted by atomic mass is 16.5. The van der Waals surface area contributed by atoms with Gasteiger partial charge in [-0.15, -0.1) is 0 Å². The number of ether oxygens (including phenoxy) is 1. The first-order valence-corrected chi connectivity index (χ1v) is 10.0. The molecule has 1 aliphatic heterocycles. The van der Waals surface area contributed by atoms with Crippen LogP contribution in [0.2, 0.25) is 0 Å². The molecule has 0 bridgehead atoms. The minimum Gasteiger partial charge on any atom is -0.494 e. The van der Waals surface area contributed by atoms with Crippen LogP contribution in [-0.4, -0.2) is 46.1 Å². The fraction of sp³-hybridized carbons (Fsp3) is 0.476. The third-order valence-corrected chi connectivity index (χ3v) is 5.49. The Morgan fingerprint density at radius 1 is 1.25 bits per heavy atom. The van der Waals surface area contributed by atoms with Gasteiger partial charge in [-0.3, -0.25) is 14.7 Å². The molecule has 148 valence electrons. The van der Waals surface area contributed by atoms with Crippen molar-refractivity contribution in [2.75, 3.05) is 13.2 Å². The Bertz CT molecular complexity index is 829. The van der Waals surface area contributed by atoms with Crippen molar-refractivity contribution in [2.24, 2.45) is 0 Å². The van der Waals surface area contributed by atoms with Gasteiger partial charge in [0.2, 0.25) is 5.91 Å². The third-order valence-electron chi connectivity index (χ3n) is 5.49. The van der Waals surface area contributed by atoms with Crippen LogP contribution in [0.15, 0.2) is 30.3 Å². The van der Waals surface area contributed by atoms with E-state index in [1.165, 1.54) is 6.42 Å². The fourth-order valence-corrected chi connectivity index (χ4v) is 3.61. The quantitative estimate of drug-likeness (QED) is 0.720. The number of aromatic nitrogens is 2. The first-order valence-electron chi connectivity index (χ1n) is 10.0. The van der Waals surface area contributed by atoms with Crippen molar-refractivity contribution in [3.63, 3.8) is 0 Å². The maximum absolute atomic E-state index is 12.5. The molecule has 4 rings (SSSR count). The molecule has 28 heavy (non-hydrogen) atoms. The number of para-hydroxylation sites is 1. The van der Waals surface area contributed by atoms with E-state index in [-0.39, 0.29) is 11.8 Å². The molecule has 7 nitrogen and oxygen atoms in total. The number of hydrogen-bond acceptors (Lipinski definition) is 4. The SMILES string of the molecule is O=C(NC1CCC1)c1n[nH]c2c1CCN(C(=O)CCCOc1ccccc1)C2. The summed E-state index contributed by atoms with van der Waals surface area (Å²) in [5, 5.41) is 10.2. The van der Waals surface area contributed by atoms with Gasteiger partial charge in [-0.25, -0.2) is 0 Å². The number of H-pyrrole nitrogens is 1. The molecule has 1 aromatic carbocycles. The van der Waals surface area contributed by atoms with E-state index in [0.717, 1.165) is 29.8 Å². The summed E-state index contributed by atoms with van der Waals surface area (Å²) >= 11 is 0. The van der Waals surface area contributed by atoms with Crippen LogP contribution >= 0.6 is 0 Å². The number of rotatable bonds is 7. The van der Waals surface area contributed by atoms with E-state index < -0.39 is 0 Å². The third kappa shape index (κ3) is 4.18. The first-order chi connectivity index (χ1) is 13.7. The van der Waals surface area contributed by atoms with Gasteiger partial charge in [-0.1, -0.05) is 18.2 Å². The summed E-state index contributed by atoms with van der Waals surface area (Å²) < 4.78 is 5.64. The minimum atomic E-state index is -0.0972. The van der Waals surface area contributed by atoms with E-state index in [4.69, 9.17) is 4.74 Å². The highest BCUT2D eigenvalue weighted by molar-refractivity contribution is 5.94. The summed E-state index contributed by atoms with van der Waals surface area (Å²) in [5.41, 5.74) is 2.32. The van der Waals surface area contributed by atoms with Crippen molar-refractivity contribution < 1.29 is 14.3 Å². The topological polar surface area (TPSA) is 87.3 Å². The Hall–Kier alpha value is -2.83. The Labute approximate surface area is 164 Å². The first kappa shape index (κ1) is 18.5. The molecule has 1 aliphatic carbocycles. The van der Waals surface area contributed by atoms with Crippen molar-refractivity contribution in [3.05, 3.63) is 47.3 Å². The van der Waals surface area contributed by atoms with E-state index in [1.807, 2.05) is 35.2 Å². The van der Waals surface area contributed by atoms with E-state index in [0.29, 0.717) is 50.7 Å². The second-order valence-corrected chi connectivity index (χ2v) is 7.46. The molecule has 1 saturated carbocycles. The number of carbonyl (C=O) groups excluding carboxylic acids is 2. The molecule has 2 aromatic rings. The van der Waals surface area contributed by atoms with Crippen molar-refractivity contribution in [2.45, 2.75) is 51.1 Å². The maximum Gasteiger partial charge on any atom is 0.272 e. The van der Waals surface area contributed by atoms with Crippen molar-refractivity contribution >= 4 is 11.8 Å². The zero-order valence-corrected chi connectivity index (χ0v) is 15.9. The van der Waals surface area contributed by atoms with Gasteiger partial charge in [-0.2, -0.15) is 5.10 Å². The molecule has 2 heterocycles. The van der Waals surface area contributed by atoms with Gasteiger partial charge in [0, 0.05) is 24.6 Å². The summed E-state index contributed by atoms with van der Waals surface area (Å²) in [6, 6.07) is 9.90. The van der Waals surface area contributed by atoms with Crippen molar-refractivity contribution in [3.8, 4) is 5.75 Å². The molecule has 0 saturated heterocycles. The number of benzene rings is 1. The lowest BCUT2D eigenvalue weighted by molar-refractivity contribution is -0.132. The van der Waals surface area contributed by atoms with Gasteiger partial charge >= 0.3 is 0 Å². The van der Waals surface area contributed by atoms with Crippen LogP contribution in [0.25, 0.3) is 0 Å².